The van der Waals surface area contributed by atoms with Crippen molar-refractivity contribution < 1.29 is 22.7 Å². The zero-order chi connectivity index (χ0) is 18.6. The maximum Gasteiger partial charge on any atom is 0.471 e. The number of nitrogens with zero attached hydrogens (tertiary/aromatic N) is 3. The molecule has 8 heteroatoms. The Balaban J connectivity index is 2.27. The Bertz CT molecular complexity index is 587. The Morgan fingerprint density at radius 2 is 1.92 bits per heavy atom. The lowest BCUT2D eigenvalue weighted by Gasteiger charge is -2.35. The molecule has 0 aliphatic carbocycles. The molecule has 2 rings (SSSR count). The SMILES string of the molecule is CO[C@@H](C)CN(C(=O)C(F)(F)F)c1cccc(N2CCN(C)CC2)c1. The van der Waals surface area contributed by atoms with E-state index in [1.54, 1.807) is 19.1 Å². The number of hydrogen-bond acceptors (Lipinski definition) is 4. The van der Waals surface area contributed by atoms with Crippen molar-refractivity contribution in [2.24, 2.45) is 0 Å². The van der Waals surface area contributed by atoms with Crippen molar-refractivity contribution in [3.8, 4) is 0 Å². The standard InChI is InChI=1S/C17H24F3N3O2/c1-13(25-3)12-23(16(24)17(18,19)20)15-6-4-5-14(11-15)22-9-7-21(2)8-10-22/h4-6,11,13H,7-10,12H2,1-3H3/t13-/m0/s1. The summed E-state index contributed by atoms with van der Waals surface area (Å²) in [6.07, 6.45) is -5.45. The molecule has 1 atom stereocenters. The highest BCUT2D eigenvalue weighted by atomic mass is 19.4. The maximum absolute atomic E-state index is 13.0. The molecule has 0 saturated carbocycles. The molecule has 25 heavy (non-hydrogen) atoms. The molecule has 0 radical (unpaired) electrons. The predicted molar refractivity (Wildman–Crippen MR) is 91.0 cm³/mol. The molecule has 5 nitrogen and oxygen atoms in total. The highest BCUT2D eigenvalue weighted by molar-refractivity contribution is 5.97. The molecule has 140 valence electrons. The van der Waals surface area contributed by atoms with Gasteiger partial charge in [0, 0.05) is 44.7 Å². The average molecular weight is 359 g/mol. The number of amides is 1. The highest BCUT2D eigenvalue weighted by Crippen LogP contribution is 2.28. The number of carbonyl (C=O) groups is 1. The fourth-order valence-electron chi connectivity index (χ4n) is 2.71. The van der Waals surface area contributed by atoms with Crippen LogP contribution in [0.4, 0.5) is 24.5 Å². The first kappa shape index (κ1) is 19.5. The first-order valence-electron chi connectivity index (χ1n) is 8.17. The zero-order valence-corrected chi connectivity index (χ0v) is 14.7. The normalized spacial score (nSPS) is 17.4. The van der Waals surface area contributed by atoms with Crippen LogP contribution in [0.1, 0.15) is 6.92 Å². The summed E-state index contributed by atoms with van der Waals surface area (Å²) in [4.78, 5) is 16.9. The van der Waals surface area contributed by atoms with Gasteiger partial charge in [0.1, 0.15) is 0 Å². The van der Waals surface area contributed by atoms with Crippen molar-refractivity contribution in [2.45, 2.75) is 19.2 Å². The summed E-state index contributed by atoms with van der Waals surface area (Å²) in [5.41, 5.74) is 1.04. The van der Waals surface area contributed by atoms with Gasteiger partial charge in [-0.15, -0.1) is 0 Å². The van der Waals surface area contributed by atoms with Crippen LogP contribution in [0.3, 0.4) is 0 Å². The van der Waals surface area contributed by atoms with Gasteiger partial charge in [-0.2, -0.15) is 13.2 Å². The van der Waals surface area contributed by atoms with Crippen LogP contribution in [0.2, 0.25) is 0 Å². The minimum absolute atomic E-state index is 0.166. The predicted octanol–water partition coefficient (Wildman–Crippen LogP) is 2.37. The Morgan fingerprint density at radius 3 is 2.48 bits per heavy atom. The van der Waals surface area contributed by atoms with Gasteiger partial charge >= 0.3 is 12.1 Å². The van der Waals surface area contributed by atoms with E-state index in [4.69, 9.17) is 4.74 Å². The van der Waals surface area contributed by atoms with Crippen molar-refractivity contribution in [2.75, 3.05) is 56.7 Å². The van der Waals surface area contributed by atoms with Gasteiger partial charge in [-0.25, -0.2) is 0 Å². The molecule has 1 saturated heterocycles. The highest BCUT2D eigenvalue weighted by Gasteiger charge is 2.43. The van der Waals surface area contributed by atoms with E-state index in [1.807, 2.05) is 13.1 Å². The Kier molecular flexibility index (Phi) is 6.29. The molecule has 1 amide bonds. The molecule has 1 heterocycles. The van der Waals surface area contributed by atoms with Gasteiger partial charge in [0.2, 0.25) is 0 Å². The van der Waals surface area contributed by atoms with Crippen LogP contribution < -0.4 is 9.80 Å². The average Bonchev–Trinajstić information content (AvgIpc) is 2.58. The molecule has 1 aromatic carbocycles. The summed E-state index contributed by atoms with van der Waals surface area (Å²) in [5.74, 6) is -1.88. The van der Waals surface area contributed by atoms with Crippen LogP contribution in [-0.2, 0) is 9.53 Å². The van der Waals surface area contributed by atoms with Crippen molar-refractivity contribution in [1.29, 1.82) is 0 Å². The Morgan fingerprint density at radius 1 is 1.28 bits per heavy atom. The molecule has 0 spiro atoms. The molecule has 0 N–H and O–H groups in total. The maximum atomic E-state index is 13.0. The molecule has 1 fully saturated rings. The number of carbonyl (C=O) groups excluding carboxylic acids is 1. The van der Waals surface area contributed by atoms with Gasteiger partial charge < -0.3 is 19.4 Å². The third-order valence-electron chi connectivity index (χ3n) is 4.34. The van der Waals surface area contributed by atoms with E-state index < -0.39 is 18.2 Å². The third kappa shape index (κ3) is 5.09. The number of likely N-dealkylation sites (N-methyl/N-ethyl adjacent to an activating group) is 1. The van der Waals surface area contributed by atoms with Crippen LogP contribution in [0.15, 0.2) is 24.3 Å². The summed E-state index contributed by atoms with van der Waals surface area (Å²) in [6, 6.07) is 6.69. The van der Waals surface area contributed by atoms with Gasteiger partial charge in [0.05, 0.1) is 12.6 Å². The quantitative estimate of drug-likeness (QED) is 0.809. The fraction of sp³-hybridized carbons (Fsp3) is 0.588. The van der Waals surface area contributed by atoms with E-state index in [0.29, 0.717) is 0 Å². The zero-order valence-electron chi connectivity index (χ0n) is 14.7. The summed E-state index contributed by atoms with van der Waals surface area (Å²) < 4.78 is 44.0. The van der Waals surface area contributed by atoms with Crippen molar-refractivity contribution in [1.82, 2.24) is 4.90 Å². The second kappa shape index (κ2) is 8.05. The van der Waals surface area contributed by atoms with E-state index in [9.17, 15) is 18.0 Å². The van der Waals surface area contributed by atoms with E-state index in [0.717, 1.165) is 36.8 Å². The molecule has 1 aromatic rings. The summed E-state index contributed by atoms with van der Waals surface area (Å²) >= 11 is 0. The number of ether oxygens (including phenoxy) is 1. The molecule has 0 aromatic heterocycles. The van der Waals surface area contributed by atoms with E-state index in [1.165, 1.54) is 13.2 Å². The molecule has 1 aliphatic rings. The van der Waals surface area contributed by atoms with E-state index >= 15 is 0 Å². The minimum atomic E-state index is -4.93. The second-order valence-corrected chi connectivity index (χ2v) is 6.27. The van der Waals surface area contributed by atoms with Crippen LogP contribution in [-0.4, -0.2) is 70.0 Å². The number of rotatable bonds is 5. The van der Waals surface area contributed by atoms with Crippen molar-refractivity contribution in [3.05, 3.63) is 24.3 Å². The lowest BCUT2D eigenvalue weighted by atomic mass is 10.2. The Hall–Kier alpha value is -1.80. The van der Waals surface area contributed by atoms with Gasteiger partial charge in [-0.05, 0) is 32.2 Å². The smallest absolute Gasteiger partial charge is 0.380 e. The second-order valence-electron chi connectivity index (χ2n) is 6.27. The number of halogens is 3. The van der Waals surface area contributed by atoms with Crippen LogP contribution >= 0.6 is 0 Å². The van der Waals surface area contributed by atoms with E-state index in [-0.39, 0.29) is 12.2 Å². The van der Waals surface area contributed by atoms with Crippen LogP contribution in [0.25, 0.3) is 0 Å². The fourth-order valence-corrected chi connectivity index (χ4v) is 2.71. The first-order valence-corrected chi connectivity index (χ1v) is 8.17. The monoisotopic (exact) mass is 359 g/mol. The number of benzene rings is 1. The first-order chi connectivity index (χ1) is 11.7. The molecular weight excluding hydrogens is 335 g/mol. The molecular formula is C17H24F3N3O2. The number of alkyl halides is 3. The van der Waals surface area contributed by atoms with Gasteiger partial charge in [0.25, 0.3) is 0 Å². The van der Waals surface area contributed by atoms with Crippen molar-refractivity contribution in [3.63, 3.8) is 0 Å². The third-order valence-corrected chi connectivity index (χ3v) is 4.34. The van der Waals surface area contributed by atoms with Crippen LogP contribution in [0, 0.1) is 0 Å². The minimum Gasteiger partial charge on any atom is -0.380 e. The summed E-state index contributed by atoms with van der Waals surface area (Å²) in [6.45, 7) is 4.82. The van der Waals surface area contributed by atoms with Gasteiger partial charge in [-0.1, -0.05) is 6.07 Å². The van der Waals surface area contributed by atoms with E-state index in [2.05, 4.69) is 9.80 Å². The Labute approximate surface area is 145 Å². The van der Waals surface area contributed by atoms with Gasteiger partial charge in [0.15, 0.2) is 0 Å². The number of piperazine rings is 1. The van der Waals surface area contributed by atoms with Crippen LogP contribution in [0.5, 0.6) is 0 Å². The lowest BCUT2D eigenvalue weighted by molar-refractivity contribution is -0.170. The topological polar surface area (TPSA) is 36.0 Å². The largest absolute Gasteiger partial charge is 0.471 e. The molecule has 0 unspecified atom stereocenters. The van der Waals surface area contributed by atoms with Gasteiger partial charge in [-0.3, -0.25) is 4.79 Å². The molecule has 1 aliphatic heterocycles. The number of hydrogen-bond donors (Lipinski definition) is 0. The lowest BCUT2D eigenvalue weighted by Crippen LogP contribution is -2.45. The number of anilines is 2. The summed E-state index contributed by atoms with van der Waals surface area (Å²) in [7, 11) is 3.44. The van der Waals surface area contributed by atoms with Crippen molar-refractivity contribution >= 4 is 17.3 Å². The number of methoxy groups -OCH3 is 1. The molecule has 0 bridgehead atoms. The summed E-state index contributed by atoms with van der Waals surface area (Å²) in [5, 5.41) is 0.